The number of thioether (sulfide) groups is 1. The van der Waals surface area contributed by atoms with Gasteiger partial charge in [-0.15, -0.1) is 11.8 Å². The summed E-state index contributed by atoms with van der Waals surface area (Å²) in [4.78, 5) is 4.46. The van der Waals surface area contributed by atoms with Crippen molar-refractivity contribution in [1.82, 2.24) is 4.98 Å². The lowest BCUT2D eigenvalue weighted by Gasteiger charge is -2.27. The normalized spacial score (nSPS) is 15.6. The molecule has 0 spiro atoms. The van der Waals surface area contributed by atoms with Gasteiger partial charge in [-0.1, -0.05) is 0 Å². The number of hydrogen-bond donors (Lipinski definition) is 2. The van der Waals surface area contributed by atoms with Crippen LogP contribution < -0.4 is 5.32 Å². The van der Waals surface area contributed by atoms with Crippen LogP contribution in [0.15, 0.2) is 12.1 Å². The lowest BCUT2D eigenvalue weighted by Crippen LogP contribution is -2.27. The molecule has 0 bridgehead atoms. The Balaban J connectivity index is 2.17. The summed E-state index contributed by atoms with van der Waals surface area (Å²) in [5, 5.41) is 11.8. The molecule has 0 aromatic carbocycles. The van der Waals surface area contributed by atoms with Crippen molar-refractivity contribution in [3.63, 3.8) is 0 Å². The minimum Gasteiger partial charge on any atom is -0.367 e. The topological polar surface area (TPSA) is 48.8 Å². The molecule has 1 heterocycles. The molecule has 0 unspecified atom stereocenters. The Hall–Kier alpha value is -1.03. The number of anilines is 1. The van der Waals surface area contributed by atoms with Gasteiger partial charge in [-0.2, -0.15) is 0 Å². The van der Waals surface area contributed by atoms with Gasteiger partial charge in [0.1, 0.15) is 5.82 Å². The fourth-order valence-corrected chi connectivity index (χ4v) is 2.11. The van der Waals surface area contributed by atoms with Gasteiger partial charge in [-0.3, -0.25) is 5.41 Å². The molecule has 1 aromatic rings. The van der Waals surface area contributed by atoms with E-state index in [2.05, 4.69) is 10.3 Å². The van der Waals surface area contributed by atoms with E-state index in [1.54, 1.807) is 0 Å². The van der Waals surface area contributed by atoms with Gasteiger partial charge in [-0.05, 0) is 44.6 Å². The first-order valence-corrected chi connectivity index (χ1v) is 6.79. The van der Waals surface area contributed by atoms with Crippen molar-refractivity contribution in [1.29, 1.82) is 5.41 Å². The van der Waals surface area contributed by atoms with E-state index in [4.69, 9.17) is 5.41 Å². The van der Waals surface area contributed by atoms with Gasteiger partial charge in [0, 0.05) is 17.3 Å². The zero-order valence-corrected chi connectivity index (χ0v) is 10.5. The van der Waals surface area contributed by atoms with E-state index in [0.717, 1.165) is 17.1 Å². The van der Waals surface area contributed by atoms with E-state index >= 15 is 0 Å². The summed E-state index contributed by atoms with van der Waals surface area (Å²) in [7, 11) is 0. The molecule has 2 rings (SSSR count). The second kappa shape index (κ2) is 4.87. The highest BCUT2D eigenvalue weighted by molar-refractivity contribution is 8.13. The maximum absolute atomic E-state index is 7.82. The van der Waals surface area contributed by atoms with Crippen LogP contribution in [0.1, 0.15) is 30.5 Å². The Morgan fingerprint density at radius 2 is 2.25 bits per heavy atom. The standard InChI is InChI=1S/C12H17N3S/c1-8-6-9(12(13)16-2)7-11(14-8)15-10-4-3-5-10/h6-7,10,13H,3-5H2,1-2H3,(H,14,15). The van der Waals surface area contributed by atoms with E-state index in [1.807, 2.05) is 25.3 Å². The molecule has 86 valence electrons. The SMILES string of the molecule is CSC(=N)c1cc(C)nc(NC2CCC2)c1. The van der Waals surface area contributed by atoms with E-state index in [9.17, 15) is 0 Å². The molecule has 1 fully saturated rings. The molecule has 1 aromatic heterocycles. The summed E-state index contributed by atoms with van der Waals surface area (Å²) in [5.41, 5.74) is 1.93. The third-order valence-electron chi connectivity index (χ3n) is 2.88. The summed E-state index contributed by atoms with van der Waals surface area (Å²) in [6.45, 7) is 1.98. The molecule has 3 nitrogen and oxygen atoms in total. The predicted molar refractivity (Wildman–Crippen MR) is 70.6 cm³/mol. The van der Waals surface area contributed by atoms with Gasteiger partial charge in [0.15, 0.2) is 0 Å². The lowest BCUT2D eigenvalue weighted by atomic mass is 9.93. The third-order valence-corrected chi connectivity index (χ3v) is 3.52. The van der Waals surface area contributed by atoms with Crippen molar-refractivity contribution in [3.8, 4) is 0 Å². The molecular weight excluding hydrogens is 218 g/mol. The van der Waals surface area contributed by atoms with Crippen LogP contribution >= 0.6 is 11.8 Å². The number of pyridine rings is 1. The zero-order chi connectivity index (χ0) is 11.5. The molecule has 1 aliphatic carbocycles. The molecule has 0 saturated heterocycles. The second-order valence-electron chi connectivity index (χ2n) is 4.19. The number of rotatable bonds is 3. The summed E-state index contributed by atoms with van der Waals surface area (Å²) >= 11 is 1.46. The summed E-state index contributed by atoms with van der Waals surface area (Å²) in [6, 6.07) is 4.53. The number of nitrogens with one attached hydrogen (secondary N) is 2. The molecular formula is C12H17N3S. The van der Waals surface area contributed by atoms with Crippen molar-refractivity contribution in [3.05, 3.63) is 23.4 Å². The first-order chi connectivity index (χ1) is 7.69. The van der Waals surface area contributed by atoms with Gasteiger partial charge in [0.2, 0.25) is 0 Å². The maximum Gasteiger partial charge on any atom is 0.127 e. The molecule has 0 amide bonds. The van der Waals surface area contributed by atoms with Crippen LogP contribution in [0, 0.1) is 12.3 Å². The monoisotopic (exact) mass is 235 g/mol. The van der Waals surface area contributed by atoms with Gasteiger partial charge < -0.3 is 5.32 Å². The van der Waals surface area contributed by atoms with Crippen LogP contribution in [-0.4, -0.2) is 22.3 Å². The van der Waals surface area contributed by atoms with Crippen molar-refractivity contribution < 1.29 is 0 Å². The van der Waals surface area contributed by atoms with E-state index < -0.39 is 0 Å². The lowest BCUT2D eigenvalue weighted by molar-refractivity contribution is 0.444. The Bertz CT molecular complexity index is 399. The molecule has 4 heteroatoms. The quantitative estimate of drug-likeness (QED) is 0.625. The number of nitrogens with zero attached hydrogens (tertiary/aromatic N) is 1. The fraction of sp³-hybridized carbons (Fsp3) is 0.500. The average Bonchev–Trinajstić information content (AvgIpc) is 2.21. The minimum atomic E-state index is 0.589. The summed E-state index contributed by atoms with van der Waals surface area (Å²) in [5.74, 6) is 0.915. The Morgan fingerprint density at radius 1 is 1.50 bits per heavy atom. The van der Waals surface area contributed by atoms with Gasteiger partial charge >= 0.3 is 0 Å². The molecule has 0 radical (unpaired) electrons. The molecule has 0 atom stereocenters. The van der Waals surface area contributed by atoms with Crippen molar-refractivity contribution >= 4 is 22.6 Å². The molecule has 1 aliphatic rings. The molecule has 2 N–H and O–H groups in total. The van der Waals surface area contributed by atoms with Crippen LogP contribution in [0.25, 0.3) is 0 Å². The van der Waals surface area contributed by atoms with Crippen LogP contribution in [-0.2, 0) is 0 Å². The molecule has 0 aliphatic heterocycles. The van der Waals surface area contributed by atoms with Gasteiger partial charge in [0.05, 0.1) is 5.04 Å². The zero-order valence-electron chi connectivity index (χ0n) is 9.71. The first kappa shape index (κ1) is 11.5. The largest absolute Gasteiger partial charge is 0.367 e. The minimum absolute atomic E-state index is 0.589. The summed E-state index contributed by atoms with van der Waals surface area (Å²) < 4.78 is 0. The Morgan fingerprint density at radius 3 is 2.81 bits per heavy atom. The molecule has 16 heavy (non-hydrogen) atoms. The summed E-state index contributed by atoms with van der Waals surface area (Å²) in [6.07, 6.45) is 5.73. The number of aromatic nitrogens is 1. The first-order valence-electron chi connectivity index (χ1n) is 5.57. The number of hydrogen-bond acceptors (Lipinski definition) is 4. The maximum atomic E-state index is 7.82. The average molecular weight is 235 g/mol. The van der Waals surface area contributed by atoms with Crippen molar-refractivity contribution in [2.24, 2.45) is 0 Å². The van der Waals surface area contributed by atoms with Gasteiger partial charge in [-0.25, -0.2) is 4.98 Å². The van der Waals surface area contributed by atoms with Crippen LogP contribution in [0.2, 0.25) is 0 Å². The smallest absolute Gasteiger partial charge is 0.127 e. The van der Waals surface area contributed by atoms with E-state index in [-0.39, 0.29) is 0 Å². The van der Waals surface area contributed by atoms with Crippen LogP contribution in [0.4, 0.5) is 5.82 Å². The number of aryl methyl sites for hydroxylation is 1. The van der Waals surface area contributed by atoms with Gasteiger partial charge in [0.25, 0.3) is 0 Å². The van der Waals surface area contributed by atoms with E-state index in [0.29, 0.717) is 11.1 Å². The second-order valence-corrected chi connectivity index (χ2v) is 5.00. The van der Waals surface area contributed by atoms with Crippen LogP contribution in [0.5, 0.6) is 0 Å². The predicted octanol–water partition coefficient (Wildman–Crippen LogP) is 3.04. The van der Waals surface area contributed by atoms with Crippen molar-refractivity contribution in [2.75, 3.05) is 11.6 Å². The Kier molecular flexibility index (Phi) is 3.49. The fourth-order valence-electron chi connectivity index (χ4n) is 1.75. The highest BCUT2D eigenvalue weighted by Crippen LogP contribution is 2.23. The molecule has 1 saturated carbocycles. The third kappa shape index (κ3) is 2.55. The van der Waals surface area contributed by atoms with Crippen molar-refractivity contribution in [2.45, 2.75) is 32.2 Å². The highest BCUT2D eigenvalue weighted by atomic mass is 32.2. The van der Waals surface area contributed by atoms with E-state index in [1.165, 1.54) is 31.0 Å². The van der Waals surface area contributed by atoms with Crippen LogP contribution in [0.3, 0.4) is 0 Å². The Labute approximate surface area is 101 Å². The highest BCUT2D eigenvalue weighted by Gasteiger charge is 2.17.